The lowest BCUT2D eigenvalue weighted by Crippen LogP contribution is -2.39. The lowest BCUT2D eigenvalue weighted by Gasteiger charge is -2.19. The number of rotatable bonds is 9. The third-order valence-electron chi connectivity index (χ3n) is 5.18. The van der Waals surface area contributed by atoms with Crippen LogP contribution in [0.5, 0.6) is 0 Å². The molecule has 0 saturated carbocycles. The molecule has 3 aromatic carbocycles. The van der Waals surface area contributed by atoms with Gasteiger partial charge in [0.1, 0.15) is 11.4 Å². The van der Waals surface area contributed by atoms with Crippen molar-refractivity contribution in [2.24, 2.45) is 0 Å². The lowest BCUT2D eigenvalue weighted by atomic mass is 10.0. The van der Waals surface area contributed by atoms with Crippen LogP contribution in [0.3, 0.4) is 0 Å². The van der Waals surface area contributed by atoms with Crippen LogP contribution in [0.2, 0.25) is 0 Å². The van der Waals surface area contributed by atoms with E-state index >= 15 is 0 Å². The minimum Gasteiger partial charge on any atom is -0.380 e. The molecule has 0 radical (unpaired) electrons. The van der Waals surface area contributed by atoms with Crippen molar-refractivity contribution in [1.82, 2.24) is 0 Å². The van der Waals surface area contributed by atoms with Crippen LogP contribution in [-0.4, -0.2) is 12.6 Å². The molecule has 0 unspecified atom stereocenters. The molecule has 4 aromatic rings. The summed E-state index contributed by atoms with van der Waals surface area (Å²) in [5.41, 5.74) is 2.57. The Morgan fingerprint density at radius 3 is 2.48 bits per heavy atom. The van der Waals surface area contributed by atoms with Crippen molar-refractivity contribution >= 4 is 32.8 Å². The first kappa shape index (κ1) is 19.4. The van der Waals surface area contributed by atoms with Gasteiger partial charge >= 0.3 is 0 Å². The summed E-state index contributed by atoms with van der Waals surface area (Å²) in [6.07, 6.45) is 2.64. The second kappa shape index (κ2) is 8.62. The van der Waals surface area contributed by atoms with Crippen molar-refractivity contribution in [2.75, 3.05) is 17.2 Å². The lowest BCUT2D eigenvalue weighted by molar-refractivity contribution is 0.792. The van der Waals surface area contributed by atoms with Crippen LogP contribution in [0.25, 0.3) is 10.1 Å². The minimum absolute atomic E-state index is 0.0566. The van der Waals surface area contributed by atoms with Gasteiger partial charge in [-0.2, -0.15) is 0 Å². The van der Waals surface area contributed by atoms with E-state index in [2.05, 4.69) is 40.3 Å². The van der Waals surface area contributed by atoms with Crippen molar-refractivity contribution in [2.45, 2.75) is 32.2 Å². The average Bonchev–Trinajstić information content (AvgIpc) is 3.16. The molecule has 1 heterocycles. The predicted octanol–water partition coefficient (Wildman–Crippen LogP) is 4.59. The number of aryl methyl sites for hydroxylation is 1. The van der Waals surface area contributed by atoms with Gasteiger partial charge in [-0.05, 0) is 54.1 Å². The Bertz CT molecular complexity index is 1170. The fraction of sp³-hybridized carbons (Fsp3) is 0.250. The third kappa shape index (κ3) is 4.25. The third-order valence-corrected chi connectivity index (χ3v) is 6.19. The number of hydrogen-bond donors (Lipinski definition) is 2. The first-order valence-corrected chi connectivity index (χ1v) is 10.8. The summed E-state index contributed by atoms with van der Waals surface area (Å²) >= 11 is 1.73. The van der Waals surface area contributed by atoms with E-state index in [0.717, 1.165) is 19.3 Å². The first-order chi connectivity index (χ1) is 14.1. The van der Waals surface area contributed by atoms with E-state index in [1.54, 1.807) is 11.3 Å². The molecule has 0 amide bonds. The molecule has 0 spiro atoms. The Balaban J connectivity index is 1.35. The van der Waals surface area contributed by atoms with Gasteiger partial charge in [0.25, 0.3) is 10.9 Å². The highest BCUT2D eigenvalue weighted by Gasteiger charge is 2.22. The fourth-order valence-corrected chi connectivity index (χ4v) is 4.64. The molecule has 5 heteroatoms. The molecule has 0 aliphatic heterocycles. The van der Waals surface area contributed by atoms with Gasteiger partial charge in [-0.25, -0.2) is 0 Å². The summed E-state index contributed by atoms with van der Waals surface area (Å²) in [5, 5.41) is 9.86. The van der Waals surface area contributed by atoms with Crippen LogP contribution < -0.4 is 21.5 Å². The van der Waals surface area contributed by atoms with Crippen LogP contribution >= 0.6 is 11.3 Å². The standard InChI is InChI=1S/C24H24N2O2S/c1-16(14-18-15-29-20-12-6-5-11-19(18)20)26-22-21(23(27)24(22)28)25-13-7-10-17-8-3-2-4-9-17/h2-6,8-9,11-12,15-16,25-26H,7,10,13-14H2,1H3/t16-/m1/s1. The Labute approximate surface area is 173 Å². The van der Waals surface area contributed by atoms with Gasteiger partial charge in [-0.1, -0.05) is 48.5 Å². The molecule has 1 aromatic heterocycles. The normalized spacial score (nSPS) is 12.3. The van der Waals surface area contributed by atoms with E-state index in [0.29, 0.717) is 17.9 Å². The van der Waals surface area contributed by atoms with Gasteiger partial charge in [-0.15, -0.1) is 11.3 Å². The topological polar surface area (TPSA) is 58.2 Å². The van der Waals surface area contributed by atoms with E-state index in [4.69, 9.17) is 0 Å². The van der Waals surface area contributed by atoms with E-state index in [1.807, 2.05) is 37.3 Å². The second-order valence-corrected chi connectivity index (χ2v) is 8.34. The molecule has 0 bridgehead atoms. The van der Waals surface area contributed by atoms with Crippen LogP contribution in [0.15, 0.2) is 69.6 Å². The Morgan fingerprint density at radius 2 is 1.66 bits per heavy atom. The molecule has 4 rings (SSSR count). The van der Waals surface area contributed by atoms with Crippen LogP contribution in [0.4, 0.5) is 11.4 Å². The summed E-state index contributed by atoms with van der Waals surface area (Å²) in [7, 11) is 0. The molecule has 4 nitrogen and oxygen atoms in total. The van der Waals surface area contributed by atoms with Crippen molar-refractivity contribution in [1.29, 1.82) is 0 Å². The zero-order valence-corrected chi connectivity index (χ0v) is 17.2. The monoisotopic (exact) mass is 404 g/mol. The number of hydrogen-bond acceptors (Lipinski definition) is 5. The number of fused-ring (bicyclic) bond motifs is 1. The summed E-state index contributed by atoms with van der Waals surface area (Å²) < 4.78 is 1.27. The van der Waals surface area contributed by atoms with Crippen molar-refractivity contribution in [3.05, 3.63) is 91.6 Å². The largest absolute Gasteiger partial charge is 0.380 e. The van der Waals surface area contributed by atoms with Gasteiger partial charge < -0.3 is 10.6 Å². The van der Waals surface area contributed by atoms with E-state index in [1.165, 1.54) is 21.2 Å². The molecule has 2 N–H and O–H groups in total. The maximum atomic E-state index is 12.1. The highest BCUT2D eigenvalue weighted by molar-refractivity contribution is 7.17. The molecule has 0 fully saturated rings. The highest BCUT2D eigenvalue weighted by atomic mass is 32.1. The fourth-order valence-electron chi connectivity index (χ4n) is 3.67. The molecular weight excluding hydrogens is 380 g/mol. The van der Waals surface area contributed by atoms with Gasteiger partial charge in [0, 0.05) is 17.3 Å². The van der Waals surface area contributed by atoms with Crippen LogP contribution in [0.1, 0.15) is 24.5 Å². The Kier molecular flexibility index (Phi) is 5.76. The van der Waals surface area contributed by atoms with Crippen LogP contribution in [0, 0.1) is 0 Å². The average molecular weight is 405 g/mol. The number of benzene rings is 2. The van der Waals surface area contributed by atoms with Crippen molar-refractivity contribution in [3.8, 4) is 0 Å². The molecule has 0 aliphatic rings. The molecule has 1 atom stereocenters. The van der Waals surface area contributed by atoms with Crippen molar-refractivity contribution in [3.63, 3.8) is 0 Å². The summed E-state index contributed by atoms with van der Waals surface area (Å²) in [6, 6.07) is 18.7. The molecular formula is C24H24N2O2S. The summed E-state index contributed by atoms with van der Waals surface area (Å²) in [4.78, 5) is 24.1. The van der Waals surface area contributed by atoms with Gasteiger partial charge in [0.15, 0.2) is 0 Å². The molecule has 29 heavy (non-hydrogen) atoms. The first-order valence-electron chi connectivity index (χ1n) is 9.96. The van der Waals surface area contributed by atoms with Gasteiger partial charge in [0.2, 0.25) is 0 Å². The Hall–Kier alpha value is -2.92. The van der Waals surface area contributed by atoms with Crippen molar-refractivity contribution < 1.29 is 0 Å². The maximum Gasteiger partial charge on any atom is 0.253 e. The zero-order valence-electron chi connectivity index (χ0n) is 16.4. The van der Waals surface area contributed by atoms with E-state index in [-0.39, 0.29) is 6.04 Å². The molecule has 148 valence electrons. The zero-order chi connectivity index (χ0) is 20.2. The number of anilines is 2. The van der Waals surface area contributed by atoms with Crippen LogP contribution in [-0.2, 0) is 12.8 Å². The molecule has 0 saturated heterocycles. The summed E-state index contributed by atoms with van der Waals surface area (Å²) in [6.45, 7) is 2.71. The van der Waals surface area contributed by atoms with E-state index in [9.17, 15) is 9.59 Å². The highest BCUT2D eigenvalue weighted by Crippen LogP contribution is 2.27. The van der Waals surface area contributed by atoms with E-state index < -0.39 is 10.9 Å². The smallest absolute Gasteiger partial charge is 0.253 e. The quantitative estimate of drug-likeness (QED) is 0.317. The predicted molar refractivity (Wildman–Crippen MR) is 123 cm³/mol. The minimum atomic E-state index is -0.419. The van der Waals surface area contributed by atoms with Gasteiger partial charge in [-0.3, -0.25) is 9.59 Å². The second-order valence-electron chi connectivity index (χ2n) is 7.43. The number of thiophene rings is 1. The molecule has 0 aliphatic carbocycles. The maximum absolute atomic E-state index is 12.1. The Morgan fingerprint density at radius 1 is 0.931 bits per heavy atom. The summed E-state index contributed by atoms with van der Waals surface area (Å²) in [5.74, 6) is 0. The SMILES string of the molecule is C[C@H](Cc1csc2ccccc12)Nc1c(NCCCc2ccccc2)c(=O)c1=O. The van der Waals surface area contributed by atoms with Gasteiger partial charge in [0.05, 0.1) is 0 Å². The number of nitrogens with one attached hydrogen (secondary N) is 2.